The summed E-state index contributed by atoms with van der Waals surface area (Å²) in [6, 6.07) is 8.70. The molecule has 0 atom stereocenters. The van der Waals surface area contributed by atoms with E-state index in [4.69, 9.17) is 4.84 Å². The number of fused-ring (bicyclic) bond motifs is 1. The van der Waals surface area contributed by atoms with Gasteiger partial charge in [0.2, 0.25) is 0 Å². The van der Waals surface area contributed by atoms with Gasteiger partial charge >= 0.3 is 0 Å². The second-order valence-corrected chi connectivity index (χ2v) is 3.68. The molecule has 13 heavy (non-hydrogen) atoms. The summed E-state index contributed by atoms with van der Waals surface area (Å²) in [5, 5.41) is 2.03. The molecule has 1 aromatic rings. The van der Waals surface area contributed by atoms with Gasteiger partial charge in [-0.2, -0.15) is 0 Å². The zero-order chi connectivity index (χ0) is 9.26. The molecule has 0 spiro atoms. The molecule has 1 heterocycles. The van der Waals surface area contributed by atoms with E-state index in [0.29, 0.717) is 6.04 Å². The molecule has 1 aliphatic rings. The summed E-state index contributed by atoms with van der Waals surface area (Å²) in [5.41, 5.74) is 1.32. The van der Waals surface area contributed by atoms with Crippen molar-refractivity contribution < 1.29 is 4.84 Å². The Bertz CT molecular complexity index is 296. The molecule has 0 N–H and O–H groups in total. The highest BCUT2D eigenvalue weighted by Crippen LogP contribution is 2.24. The van der Waals surface area contributed by atoms with Crippen LogP contribution in [0.3, 0.4) is 0 Å². The van der Waals surface area contributed by atoms with Gasteiger partial charge in [-0.3, -0.25) is 0 Å². The summed E-state index contributed by atoms with van der Waals surface area (Å²) < 4.78 is 0. The number of nitrogens with zero attached hydrogens (tertiary/aromatic N) is 1. The third kappa shape index (κ3) is 1.68. The van der Waals surface area contributed by atoms with Crippen molar-refractivity contribution in [2.24, 2.45) is 0 Å². The van der Waals surface area contributed by atoms with E-state index in [0.717, 1.165) is 18.7 Å². The van der Waals surface area contributed by atoms with E-state index in [1.807, 2.05) is 17.2 Å². The normalized spacial score (nSPS) is 16.8. The number of hydroxylamine groups is 2. The lowest BCUT2D eigenvalue weighted by atomic mass is 10.1. The molecule has 1 aliphatic heterocycles. The number of hydrogen-bond donors (Lipinski definition) is 0. The van der Waals surface area contributed by atoms with Crippen molar-refractivity contribution >= 4 is 0 Å². The van der Waals surface area contributed by atoms with E-state index in [2.05, 4.69) is 26.0 Å². The van der Waals surface area contributed by atoms with Gasteiger partial charge in [0.15, 0.2) is 5.75 Å². The SMILES string of the molecule is CC(C)N1CCc2ccccc2O1. The Morgan fingerprint density at radius 2 is 2.08 bits per heavy atom. The monoisotopic (exact) mass is 177 g/mol. The Morgan fingerprint density at radius 3 is 2.85 bits per heavy atom. The molecular weight excluding hydrogens is 162 g/mol. The minimum absolute atomic E-state index is 0.452. The lowest BCUT2D eigenvalue weighted by Crippen LogP contribution is -2.38. The van der Waals surface area contributed by atoms with Crippen LogP contribution in [0.2, 0.25) is 0 Å². The van der Waals surface area contributed by atoms with Crippen molar-refractivity contribution in [3.8, 4) is 5.75 Å². The summed E-state index contributed by atoms with van der Waals surface area (Å²) >= 11 is 0. The number of hydrogen-bond acceptors (Lipinski definition) is 2. The van der Waals surface area contributed by atoms with Crippen LogP contribution < -0.4 is 4.84 Å². The van der Waals surface area contributed by atoms with Crippen molar-refractivity contribution in [3.63, 3.8) is 0 Å². The fourth-order valence-electron chi connectivity index (χ4n) is 1.57. The zero-order valence-electron chi connectivity index (χ0n) is 8.16. The third-order valence-electron chi connectivity index (χ3n) is 2.37. The van der Waals surface area contributed by atoms with Crippen LogP contribution in [0, 0.1) is 0 Å². The van der Waals surface area contributed by atoms with Crippen LogP contribution in [0.4, 0.5) is 0 Å². The Hall–Kier alpha value is -1.02. The van der Waals surface area contributed by atoms with Crippen molar-refractivity contribution in [1.29, 1.82) is 0 Å². The van der Waals surface area contributed by atoms with Crippen LogP contribution in [-0.2, 0) is 6.42 Å². The Balaban J connectivity index is 2.20. The highest BCUT2D eigenvalue weighted by Gasteiger charge is 2.18. The minimum Gasteiger partial charge on any atom is -0.405 e. The van der Waals surface area contributed by atoms with Crippen molar-refractivity contribution in [3.05, 3.63) is 29.8 Å². The minimum atomic E-state index is 0.452. The first-order valence-electron chi connectivity index (χ1n) is 4.80. The fourth-order valence-corrected chi connectivity index (χ4v) is 1.57. The molecule has 0 amide bonds. The maximum absolute atomic E-state index is 5.73. The summed E-state index contributed by atoms with van der Waals surface area (Å²) in [6.45, 7) is 5.29. The van der Waals surface area contributed by atoms with Gasteiger partial charge in [0, 0.05) is 12.6 Å². The predicted molar refractivity (Wildman–Crippen MR) is 52.6 cm³/mol. The van der Waals surface area contributed by atoms with Crippen LogP contribution >= 0.6 is 0 Å². The van der Waals surface area contributed by atoms with Crippen LogP contribution in [0.5, 0.6) is 5.75 Å². The van der Waals surface area contributed by atoms with E-state index in [1.54, 1.807) is 0 Å². The molecule has 1 aromatic carbocycles. The van der Waals surface area contributed by atoms with E-state index >= 15 is 0 Å². The number of rotatable bonds is 1. The van der Waals surface area contributed by atoms with Crippen LogP contribution in [0.25, 0.3) is 0 Å². The lowest BCUT2D eigenvalue weighted by Gasteiger charge is -2.31. The molecule has 2 rings (SSSR count). The van der Waals surface area contributed by atoms with Crippen molar-refractivity contribution in [2.45, 2.75) is 26.3 Å². The van der Waals surface area contributed by atoms with E-state index in [1.165, 1.54) is 5.56 Å². The quantitative estimate of drug-likeness (QED) is 0.652. The zero-order valence-corrected chi connectivity index (χ0v) is 8.16. The molecule has 0 saturated heterocycles. The predicted octanol–water partition coefficient (Wildman–Crippen LogP) is 2.25. The Morgan fingerprint density at radius 1 is 1.31 bits per heavy atom. The van der Waals surface area contributed by atoms with Gasteiger partial charge in [0.1, 0.15) is 0 Å². The maximum Gasteiger partial charge on any atom is 0.150 e. The fraction of sp³-hybridized carbons (Fsp3) is 0.455. The van der Waals surface area contributed by atoms with Crippen molar-refractivity contribution in [1.82, 2.24) is 5.06 Å². The topological polar surface area (TPSA) is 12.5 Å². The average Bonchev–Trinajstić information content (AvgIpc) is 2.17. The number of benzene rings is 1. The van der Waals surface area contributed by atoms with Gasteiger partial charge in [-0.15, -0.1) is 5.06 Å². The van der Waals surface area contributed by atoms with Crippen molar-refractivity contribution in [2.75, 3.05) is 6.54 Å². The first-order chi connectivity index (χ1) is 6.27. The van der Waals surface area contributed by atoms with E-state index in [9.17, 15) is 0 Å². The molecular formula is C11H15NO. The van der Waals surface area contributed by atoms with Crippen LogP contribution in [0.1, 0.15) is 19.4 Å². The van der Waals surface area contributed by atoms with Gasteiger partial charge in [-0.05, 0) is 31.9 Å². The van der Waals surface area contributed by atoms with Crippen LogP contribution in [-0.4, -0.2) is 17.6 Å². The Labute approximate surface area is 79.1 Å². The number of para-hydroxylation sites is 1. The lowest BCUT2D eigenvalue weighted by molar-refractivity contribution is -0.0942. The molecule has 0 saturated carbocycles. The molecule has 2 nitrogen and oxygen atoms in total. The van der Waals surface area contributed by atoms with E-state index in [-0.39, 0.29) is 0 Å². The second-order valence-electron chi connectivity index (χ2n) is 3.68. The molecule has 0 aliphatic carbocycles. The maximum atomic E-state index is 5.73. The average molecular weight is 177 g/mol. The van der Waals surface area contributed by atoms with Gasteiger partial charge in [-0.25, -0.2) is 0 Å². The molecule has 0 aromatic heterocycles. The summed E-state index contributed by atoms with van der Waals surface area (Å²) in [6.07, 6.45) is 1.09. The molecule has 0 radical (unpaired) electrons. The van der Waals surface area contributed by atoms with Crippen LogP contribution in [0.15, 0.2) is 24.3 Å². The summed E-state index contributed by atoms with van der Waals surface area (Å²) in [4.78, 5) is 5.73. The van der Waals surface area contributed by atoms with Gasteiger partial charge in [-0.1, -0.05) is 18.2 Å². The van der Waals surface area contributed by atoms with Gasteiger partial charge in [0.25, 0.3) is 0 Å². The molecule has 70 valence electrons. The molecule has 0 unspecified atom stereocenters. The smallest absolute Gasteiger partial charge is 0.150 e. The first kappa shape index (κ1) is 8.57. The molecule has 0 fully saturated rings. The second kappa shape index (κ2) is 3.38. The highest BCUT2D eigenvalue weighted by atomic mass is 16.7. The first-order valence-corrected chi connectivity index (χ1v) is 4.80. The summed E-state index contributed by atoms with van der Waals surface area (Å²) in [7, 11) is 0. The molecule has 2 heteroatoms. The molecule has 0 bridgehead atoms. The van der Waals surface area contributed by atoms with Gasteiger partial charge in [0.05, 0.1) is 0 Å². The standard InChI is InChI=1S/C11H15NO/c1-9(2)12-8-7-10-5-3-4-6-11(10)13-12/h3-6,9H,7-8H2,1-2H3. The van der Waals surface area contributed by atoms with Gasteiger partial charge < -0.3 is 4.84 Å². The summed E-state index contributed by atoms with van der Waals surface area (Å²) in [5.74, 6) is 1.02. The Kier molecular flexibility index (Phi) is 2.23. The largest absolute Gasteiger partial charge is 0.405 e. The highest BCUT2D eigenvalue weighted by molar-refractivity contribution is 5.34. The third-order valence-corrected chi connectivity index (χ3v) is 2.37. The van der Waals surface area contributed by atoms with E-state index < -0.39 is 0 Å².